The maximum atomic E-state index is 13.2. The third-order valence-electron chi connectivity index (χ3n) is 4.79. The van der Waals surface area contributed by atoms with Gasteiger partial charge in [-0.3, -0.25) is 9.48 Å². The number of nitrogens with zero attached hydrogens (tertiary/aromatic N) is 3. The van der Waals surface area contributed by atoms with Crippen molar-refractivity contribution in [3.63, 3.8) is 0 Å². The Balaban J connectivity index is 1.94. The molecule has 0 aliphatic rings. The summed E-state index contributed by atoms with van der Waals surface area (Å²) in [5.41, 5.74) is 1.22. The second-order valence-corrected chi connectivity index (χ2v) is 8.49. The van der Waals surface area contributed by atoms with Crippen molar-refractivity contribution in [1.29, 1.82) is 0 Å². The van der Waals surface area contributed by atoms with Crippen molar-refractivity contribution in [3.05, 3.63) is 59.5 Å². The Bertz CT molecular complexity index is 1230. The van der Waals surface area contributed by atoms with Gasteiger partial charge in [0.05, 0.1) is 27.4 Å². The van der Waals surface area contributed by atoms with E-state index in [1.54, 1.807) is 48.3 Å². The molecule has 0 bridgehead atoms. The van der Waals surface area contributed by atoms with Crippen molar-refractivity contribution in [2.24, 2.45) is 0 Å². The minimum Gasteiger partial charge on any atom is -0.495 e. The number of ether oxygens (including phenoxy) is 3. The van der Waals surface area contributed by atoms with Crippen molar-refractivity contribution in [2.45, 2.75) is 31.7 Å². The first-order chi connectivity index (χ1) is 15.8. The average molecular weight is 475 g/mol. The fourth-order valence-electron chi connectivity index (χ4n) is 3.30. The summed E-state index contributed by atoms with van der Waals surface area (Å²) in [5.74, 6) is -0.503. The van der Waals surface area contributed by atoms with E-state index in [9.17, 15) is 13.2 Å². The monoisotopic (exact) mass is 474 g/mol. The molecule has 0 aliphatic heterocycles. The number of aryl methyl sites for hydroxylation is 1. The molecule has 176 valence electrons. The van der Waals surface area contributed by atoms with Gasteiger partial charge in [0, 0.05) is 18.0 Å². The summed E-state index contributed by atoms with van der Waals surface area (Å²) in [6.45, 7) is 4.22. The van der Waals surface area contributed by atoms with Gasteiger partial charge < -0.3 is 14.2 Å². The third kappa shape index (κ3) is 5.25. The molecule has 0 spiro atoms. The van der Waals surface area contributed by atoms with Gasteiger partial charge in [0.2, 0.25) is 5.88 Å². The second kappa shape index (κ2) is 10.3. The van der Waals surface area contributed by atoms with Crippen LogP contribution in [0.2, 0.25) is 0 Å². The first-order valence-corrected chi connectivity index (χ1v) is 11.7. The van der Waals surface area contributed by atoms with E-state index in [4.69, 9.17) is 14.2 Å². The Hall–Kier alpha value is -3.60. The van der Waals surface area contributed by atoms with Crippen LogP contribution in [0.3, 0.4) is 0 Å². The lowest BCUT2D eigenvalue weighted by Gasteiger charge is -2.17. The summed E-state index contributed by atoms with van der Waals surface area (Å²) in [4.78, 5) is 16.8. The number of nitrogens with one attached hydrogen (secondary N) is 1. The van der Waals surface area contributed by atoms with E-state index < -0.39 is 15.9 Å². The number of benzene rings is 1. The number of carbonyl (C=O) groups is 1. The van der Waals surface area contributed by atoms with Crippen LogP contribution in [0.5, 0.6) is 17.4 Å². The largest absolute Gasteiger partial charge is 0.495 e. The number of aromatic nitrogens is 3. The molecule has 10 nitrogen and oxygen atoms in total. The molecule has 0 fully saturated rings. The van der Waals surface area contributed by atoms with Crippen LogP contribution < -0.4 is 18.9 Å². The number of methoxy groups -OCH3 is 2. The molecular formula is C22H26N4O6S. The van der Waals surface area contributed by atoms with Gasteiger partial charge in [-0.05, 0) is 43.2 Å². The van der Waals surface area contributed by atoms with E-state index in [1.807, 2.05) is 6.92 Å². The van der Waals surface area contributed by atoms with Crippen molar-refractivity contribution in [3.8, 4) is 17.4 Å². The normalized spacial score (nSPS) is 11.2. The zero-order valence-electron chi connectivity index (χ0n) is 18.9. The van der Waals surface area contributed by atoms with Crippen LogP contribution in [0.15, 0.2) is 47.6 Å². The van der Waals surface area contributed by atoms with Gasteiger partial charge in [0.1, 0.15) is 17.2 Å². The highest BCUT2D eigenvalue weighted by Crippen LogP contribution is 2.36. The van der Waals surface area contributed by atoms with Gasteiger partial charge in [0.25, 0.3) is 15.9 Å². The predicted octanol–water partition coefficient (Wildman–Crippen LogP) is 2.42. The Kier molecular flexibility index (Phi) is 7.54. The van der Waals surface area contributed by atoms with Crippen molar-refractivity contribution in [1.82, 2.24) is 19.5 Å². The van der Waals surface area contributed by atoms with Crippen LogP contribution in [0.25, 0.3) is 0 Å². The van der Waals surface area contributed by atoms with E-state index in [0.717, 1.165) is 0 Å². The maximum Gasteiger partial charge on any atom is 0.283 e. The molecule has 1 N–H and O–H groups in total. The van der Waals surface area contributed by atoms with Crippen molar-refractivity contribution >= 4 is 15.9 Å². The lowest BCUT2D eigenvalue weighted by Crippen LogP contribution is -2.32. The van der Waals surface area contributed by atoms with Crippen LogP contribution >= 0.6 is 0 Å². The zero-order valence-corrected chi connectivity index (χ0v) is 19.7. The standard InChI is InChI=1S/C22H26N4O6S/c1-5-15-9-11-18(32-6-2)20(19(15)30-3)33(28,29)25-21(27)17-10-8-16(22(24-17)31-4)14-26-13-7-12-23-26/h7-13H,5-6,14H2,1-4H3,(H,25,27). The van der Waals surface area contributed by atoms with Crippen molar-refractivity contribution in [2.75, 3.05) is 20.8 Å². The fourth-order valence-corrected chi connectivity index (χ4v) is 4.60. The van der Waals surface area contributed by atoms with Crippen LogP contribution in [-0.2, 0) is 23.0 Å². The number of amides is 1. The first-order valence-electron chi connectivity index (χ1n) is 10.3. The van der Waals surface area contributed by atoms with Gasteiger partial charge in [-0.2, -0.15) is 5.10 Å². The number of carbonyl (C=O) groups excluding carboxylic acids is 1. The summed E-state index contributed by atoms with van der Waals surface area (Å²) in [6, 6.07) is 8.13. The second-order valence-electron chi connectivity index (χ2n) is 6.87. The molecule has 0 saturated heterocycles. The lowest BCUT2D eigenvalue weighted by atomic mass is 10.1. The number of rotatable bonds is 10. The van der Waals surface area contributed by atoms with Crippen LogP contribution in [-0.4, -0.2) is 49.9 Å². The van der Waals surface area contributed by atoms with E-state index in [-0.39, 0.29) is 34.6 Å². The lowest BCUT2D eigenvalue weighted by molar-refractivity contribution is 0.0975. The average Bonchev–Trinajstić information content (AvgIpc) is 3.31. The molecule has 33 heavy (non-hydrogen) atoms. The summed E-state index contributed by atoms with van der Waals surface area (Å²) in [5, 5.41) is 4.13. The molecule has 1 aromatic carbocycles. The summed E-state index contributed by atoms with van der Waals surface area (Å²) >= 11 is 0. The quantitative estimate of drug-likeness (QED) is 0.475. The Morgan fingerprint density at radius 2 is 1.85 bits per heavy atom. The van der Waals surface area contributed by atoms with E-state index in [1.165, 1.54) is 20.3 Å². The van der Waals surface area contributed by atoms with Crippen molar-refractivity contribution < 1.29 is 27.4 Å². The number of hydrogen-bond acceptors (Lipinski definition) is 8. The molecule has 0 unspecified atom stereocenters. The number of hydrogen-bond donors (Lipinski definition) is 1. The Labute approximate surface area is 192 Å². The molecule has 2 heterocycles. The Morgan fingerprint density at radius 1 is 1.09 bits per heavy atom. The summed E-state index contributed by atoms with van der Waals surface area (Å²) < 4.78 is 46.4. The van der Waals surface area contributed by atoms with Gasteiger partial charge >= 0.3 is 0 Å². The predicted molar refractivity (Wildman–Crippen MR) is 120 cm³/mol. The molecular weight excluding hydrogens is 448 g/mol. The number of sulfonamides is 1. The molecule has 0 atom stereocenters. The van der Waals surface area contributed by atoms with E-state index in [2.05, 4.69) is 14.8 Å². The summed E-state index contributed by atoms with van der Waals surface area (Å²) in [6.07, 6.45) is 3.95. The zero-order chi connectivity index (χ0) is 24.0. The van der Waals surface area contributed by atoms with Gasteiger partial charge in [0.15, 0.2) is 4.90 Å². The first kappa shape index (κ1) is 24.1. The topological polar surface area (TPSA) is 122 Å². The molecule has 0 saturated carbocycles. The molecule has 2 aromatic heterocycles. The molecule has 3 aromatic rings. The molecule has 0 radical (unpaired) electrons. The van der Waals surface area contributed by atoms with Crippen LogP contribution in [0.1, 0.15) is 35.5 Å². The fraction of sp³-hybridized carbons (Fsp3) is 0.318. The smallest absolute Gasteiger partial charge is 0.283 e. The van der Waals surface area contributed by atoms with Crippen LogP contribution in [0.4, 0.5) is 0 Å². The number of pyridine rings is 1. The minimum absolute atomic E-state index is 0.0898. The van der Waals surface area contributed by atoms with Gasteiger partial charge in [-0.15, -0.1) is 0 Å². The molecule has 0 aliphatic carbocycles. The highest BCUT2D eigenvalue weighted by Gasteiger charge is 2.29. The summed E-state index contributed by atoms with van der Waals surface area (Å²) in [7, 11) is -1.56. The minimum atomic E-state index is -4.35. The van der Waals surface area contributed by atoms with E-state index >= 15 is 0 Å². The maximum absolute atomic E-state index is 13.2. The highest BCUT2D eigenvalue weighted by molar-refractivity contribution is 7.90. The Morgan fingerprint density at radius 3 is 2.45 bits per heavy atom. The molecule has 1 amide bonds. The SMILES string of the molecule is CCOc1ccc(CC)c(OC)c1S(=O)(=O)NC(=O)c1ccc(Cn2cccn2)c(OC)n1. The van der Waals surface area contributed by atoms with E-state index in [0.29, 0.717) is 24.1 Å². The van der Waals surface area contributed by atoms with Gasteiger partial charge in [-0.25, -0.2) is 18.1 Å². The molecule has 3 rings (SSSR count). The third-order valence-corrected chi connectivity index (χ3v) is 6.17. The highest BCUT2D eigenvalue weighted by atomic mass is 32.2. The van der Waals surface area contributed by atoms with Gasteiger partial charge in [-0.1, -0.05) is 13.0 Å². The van der Waals surface area contributed by atoms with Crippen LogP contribution in [0, 0.1) is 0 Å². The molecule has 11 heteroatoms.